The normalized spacial score (nSPS) is 17.0. The number of ether oxygens (including phenoxy) is 1. The van der Waals surface area contributed by atoms with E-state index in [0.29, 0.717) is 39.3 Å². The topological polar surface area (TPSA) is 58.6 Å². The molecular weight excluding hydrogens is 436 g/mol. The highest BCUT2D eigenvalue weighted by atomic mass is 16.5. The molecule has 1 atom stereocenters. The number of para-hydroxylation sites is 1. The zero-order chi connectivity index (χ0) is 23.9. The summed E-state index contributed by atoms with van der Waals surface area (Å²) in [6.45, 7) is 3.51. The summed E-state index contributed by atoms with van der Waals surface area (Å²) in [4.78, 5) is 26.1. The van der Waals surface area contributed by atoms with E-state index >= 15 is 0 Å². The summed E-state index contributed by atoms with van der Waals surface area (Å²) >= 11 is 0. The summed E-state index contributed by atoms with van der Waals surface area (Å²) in [6.07, 6.45) is 6.16. The van der Waals surface area contributed by atoms with Crippen LogP contribution in [0.2, 0.25) is 0 Å². The van der Waals surface area contributed by atoms with Gasteiger partial charge < -0.3 is 9.64 Å². The van der Waals surface area contributed by atoms with Crippen molar-refractivity contribution in [3.05, 3.63) is 108 Å². The van der Waals surface area contributed by atoms with Crippen molar-refractivity contribution in [1.82, 2.24) is 19.8 Å². The highest BCUT2D eigenvalue weighted by molar-refractivity contribution is 5.82. The summed E-state index contributed by atoms with van der Waals surface area (Å²) < 4.78 is 6.36. The van der Waals surface area contributed by atoms with Gasteiger partial charge >= 0.3 is 0 Å². The van der Waals surface area contributed by atoms with Crippen LogP contribution in [0, 0.1) is 0 Å². The molecule has 0 radical (unpaired) electrons. The molecule has 0 spiro atoms. The maximum atomic E-state index is 13.3. The molecule has 0 saturated carbocycles. The van der Waals surface area contributed by atoms with Gasteiger partial charge in [0, 0.05) is 50.2 Å². The Balaban J connectivity index is 1.33. The van der Waals surface area contributed by atoms with Gasteiger partial charge in [-0.1, -0.05) is 48.5 Å². The third-order valence-corrected chi connectivity index (χ3v) is 6.48. The number of rotatable bonds is 8. The van der Waals surface area contributed by atoms with Crippen LogP contribution in [0.5, 0.6) is 0 Å². The summed E-state index contributed by atoms with van der Waals surface area (Å²) in [7, 11) is 0. The molecule has 6 heteroatoms. The second-order valence-corrected chi connectivity index (χ2v) is 9.02. The fourth-order valence-corrected chi connectivity index (χ4v) is 4.63. The molecule has 0 aliphatic carbocycles. The Hall–Kier alpha value is -3.61. The van der Waals surface area contributed by atoms with Gasteiger partial charge in [0.25, 0.3) is 0 Å². The van der Waals surface area contributed by atoms with E-state index in [-0.39, 0.29) is 12.0 Å². The molecule has 1 fully saturated rings. The number of fused-ring (bicyclic) bond motifs is 1. The number of hydrogen-bond donors (Lipinski definition) is 0. The fourth-order valence-electron chi connectivity index (χ4n) is 4.63. The van der Waals surface area contributed by atoms with E-state index in [2.05, 4.69) is 39.1 Å². The molecule has 0 N–H and O–H groups in total. The number of aromatic nitrogens is 2. The first kappa shape index (κ1) is 23.1. The summed E-state index contributed by atoms with van der Waals surface area (Å²) in [5, 5.41) is 1.13. The molecular formula is C29H30N4O2. The maximum Gasteiger partial charge on any atom is 0.236 e. The van der Waals surface area contributed by atoms with Crippen LogP contribution in [0.25, 0.3) is 10.9 Å². The molecule has 1 saturated heterocycles. The quantitative estimate of drug-likeness (QED) is 0.391. The van der Waals surface area contributed by atoms with E-state index in [4.69, 9.17) is 4.74 Å². The molecule has 4 aromatic rings. The second kappa shape index (κ2) is 11.2. The SMILES string of the molecule is O=C1CN(Cc2ccnc3ccccc23)CC(OCc2ccncc2)CN1CCc1ccccc1. The van der Waals surface area contributed by atoms with Gasteiger partial charge in [0.05, 0.1) is 24.8 Å². The standard InChI is InChI=1S/C29H30N4O2/c34-29-21-32(18-25-12-16-31-28-9-5-4-8-27(25)28)19-26(35-22-24-10-14-30-15-11-24)20-33(29)17-13-23-6-2-1-3-7-23/h1-12,14-16,26H,13,17-22H2. The van der Waals surface area contributed by atoms with Crippen LogP contribution in [0.3, 0.4) is 0 Å². The first-order chi connectivity index (χ1) is 17.2. The fraction of sp³-hybridized carbons (Fsp3) is 0.276. The van der Waals surface area contributed by atoms with E-state index in [1.807, 2.05) is 59.6 Å². The van der Waals surface area contributed by atoms with Crippen molar-refractivity contribution >= 4 is 16.8 Å². The Kier molecular flexibility index (Phi) is 7.41. The summed E-state index contributed by atoms with van der Waals surface area (Å²) in [5.41, 5.74) is 4.46. The minimum atomic E-state index is -0.0847. The lowest BCUT2D eigenvalue weighted by Crippen LogP contribution is -2.39. The predicted octanol–water partition coefficient (Wildman–Crippen LogP) is 4.10. The Labute approximate surface area is 206 Å². The van der Waals surface area contributed by atoms with Crippen molar-refractivity contribution in [3.8, 4) is 0 Å². The van der Waals surface area contributed by atoms with E-state index in [9.17, 15) is 4.79 Å². The molecule has 3 heterocycles. The van der Waals surface area contributed by atoms with Crippen molar-refractivity contribution in [1.29, 1.82) is 0 Å². The molecule has 6 nitrogen and oxygen atoms in total. The van der Waals surface area contributed by atoms with E-state index < -0.39 is 0 Å². The third-order valence-electron chi connectivity index (χ3n) is 6.48. The first-order valence-corrected chi connectivity index (χ1v) is 12.1. The van der Waals surface area contributed by atoms with Crippen LogP contribution in [0.15, 0.2) is 91.4 Å². The van der Waals surface area contributed by atoms with Crippen molar-refractivity contribution in [2.24, 2.45) is 0 Å². The Morgan fingerprint density at radius 1 is 0.857 bits per heavy atom. The minimum absolute atomic E-state index is 0.0847. The zero-order valence-corrected chi connectivity index (χ0v) is 19.8. The van der Waals surface area contributed by atoms with Gasteiger partial charge in [-0.15, -0.1) is 0 Å². The van der Waals surface area contributed by atoms with Crippen LogP contribution < -0.4 is 0 Å². The Bertz CT molecular complexity index is 1240. The van der Waals surface area contributed by atoms with Gasteiger partial charge in [-0.2, -0.15) is 0 Å². The van der Waals surface area contributed by atoms with E-state index in [1.54, 1.807) is 12.4 Å². The number of nitrogens with zero attached hydrogens (tertiary/aromatic N) is 4. The van der Waals surface area contributed by atoms with Crippen LogP contribution in [-0.4, -0.2) is 58.0 Å². The number of pyridine rings is 2. The van der Waals surface area contributed by atoms with Crippen LogP contribution in [-0.2, 0) is 29.1 Å². The monoisotopic (exact) mass is 466 g/mol. The summed E-state index contributed by atoms with van der Waals surface area (Å²) in [6, 6.07) is 24.5. The second-order valence-electron chi connectivity index (χ2n) is 9.02. The van der Waals surface area contributed by atoms with Gasteiger partial charge in [0.15, 0.2) is 0 Å². The molecule has 35 heavy (non-hydrogen) atoms. The van der Waals surface area contributed by atoms with Crippen molar-refractivity contribution in [2.45, 2.75) is 25.7 Å². The van der Waals surface area contributed by atoms with Crippen LogP contribution >= 0.6 is 0 Å². The van der Waals surface area contributed by atoms with Crippen LogP contribution in [0.1, 0.15) is 16.7 Å². The third kappa shape index (κ3) is 6.10. The molecule has 1 unspecified atom stereocenters. The Morgan fingerprint density at radius 3 is 2.51 bits per heavy atom. The van der Waals surface area contributed by atoms with Gasteiger partial charge in [0.1, 0.15) is 0 Å². The molecule has 5 rings (SSSR count). The minimum Gasteiger partial charge on any atom is -0.370 e. The van der Waals surface area contributed by atoms with Crippen molar-refractivity contribution in [3.63, 3.8) is 0 Å². The molecule has 2 aromatic carbocycles. The lowest BCUT2D eigenvalue weighted by Gasteiger charge is -2.25. The average Bonchev–Trinajstić information content (AvgIpc) is 3.05. The lowest BCUT2D eigenvalue weighted by atomic mass is 10.1. The smallest absolute Gasteiger partial charge is 0.236 e. The molecule has 1 aliphatic rings. The average molecular weight is 467 g/mol. The highest BCUT2D eigenvalue weighted by Gasteiger charge is 2.28. The largest absolute Gasteiger partial charge is 0.370 e. The molecule has 178 valence electrons. The van der Waals surface area contributed by atoms with Crippen LogP contribution in [0.4, 0.5) is 0 Å². The number of benzene rings is 2. The zero-order valence-electron chi connectivity index (χ0n) is 19.8. The lowest BCUT2D eigenvalue weighted by molar-refractivity contribution is -0.131. The molecule has 1 amide bonds. The molecule has 0 bridgehead atoms. The predicted molar refractivity (Wildman–Crippen MR) is 137 cm³/mol. The van der Waals surface area contributed by atoms with Gasteiger partial charge in [0.2, 0.25) is 5.91 Å². The highest BCUT2D eigenvalue weighted by Crippen LogP contribution is 2.20. The Morgan fingerprint density at radius 2 is 1.66 bits per heavy atom. The first-order valence-electron chi connectivity index (χ1n) is 12.1. The van der Waals surface area contributed by atoms with Crippen molar-refractivity contribution < 1.29 is 9.53 Å². The molecule has 1 aliphatic heterocycles. The van der Waals surface area contributed by atoms with Gasteiger partial charge in [-0.05, 0) is 47.4 Å². The van der Waals surface area contributed by atoms with E-state index in [1.165, 1.54) is 11.1 Å². The van der Waals surface area contributed by atoms with Crippen molar-refractivity contribution in [2.75, 3.05) is 26.2 Å². The van der Waals surface area contributed by atoms with E-state index in [0.717, 1.165) is 22.9 Å². The number of carbonyl (C=O) groups is 1. The maximum absolute atomic E-state index is 13.3. The van der Waals surface area contributed by atoms with Gasteiger partial charge in [-0.3, -0.25) is 19.7 Å². The number of carbonyl (C=O) groups excluding carboxylic acids is 1. The summed E-state index contributed by atoms with van der Waals surface area (Å²) in [5.74, 6) is 0.148. The number of amides is 1. The number of hydrogen-bond acceptors (Lipinski definition) is 5. The van der Waals surface area contributed by atoms with Gasteiger partial charge in [-0.25, -0.2) is 0 Å². The molecule has 2 aromatic heterocycles.